The molecule has 0 aromatic heterocycles. The predicted octanol–water partition coefficient (Wildman–Crippen LogP) is -2.52. The molecule has 14 heteroatoms. The van der Waals surface area contributed by atoms with Crippen LogP contribution in [0.25, 0.3) is 0 Å². The lowest BCUT2D eigenvalue weighted by Gasteiger charge is -2.28. The molecule has 0 bridgehead atoms. The Morgan fingerprint density at radius 2 is 1.46 bits per heavy atom. The molecule has 12 N–H and O–H groups in total. The summed E-state index contributed by atoms with van der Waals surface area (Å²) < 4.78 is 0. The van der Waals surface area contributed by atoms with E-state index < -0.39 is 66.1 Å². The molecule has 5 unspecified atom stereocenters. The molecular formula is C21H40N8O6. The summed E-state index contributed by atoms with van der Waals surface area (Å²) in [6.45, 7) is 7.03. The van der Waals surface area contributed by atoms with Crippen molar-refractivity contribution < 1.29 is 29.1 Å². The van der Waals surface area contributed by atoms with E-state index in [1.807, 2.05) is 0 Å². The number of guanidine groups is 1. The second kappa shape index (κ2) is 15.5. The number of carboxylic acid groups (broad SMARTS) is 1. The van der Waals surface area contributed by atoms with Gasteiger partial charge in [-0.25, -0.2) is 4.79 Å². The molecule has 0 aromatic rings. The van der Waals surface area contributed by atoms with Crippen molar-refractivity contribution in [1.82, 2.24) is 16.0 Å². The van der Waals surface area contributed by atoms with E-state index in [4.69, 9.17) is 22.9 Å². The van der Waals surface area contributed by atoms with Crippen molar-refractivity contribution in [2.45, 2.75) is 77.5 Å². The normalized spacial score (nSPS) is 15.1. The Balaban J connectivity index is 5.59. The minimum Gasteiger partial charge on any atom is -0.480 e. The number of carboxylic acids is 1. The fourth-order valence-electron chi connectivity index (χ4n) is 3.08. The SMILES string of the molecule is CCC(C)C(NC(=O)C(NC(=O)C(CCCN=C(N)N)NC(=O)C(N)CC(N)=O)C(C)C)C(=O)O. The van der Waals surface area contributed by atoms with E-state index in [0.29, 0.717) is 12.8 Å². The summed E-state index contributed by atoms with van der Waals surface area (Å²) in [4.78, 5) is 64.8. The van der Waals surface area contributed by atoms with Crippen LogP contribution < -0.4 is 38.9 Å². The number of amides is 4. The smallest absolute Gasteiger partial charge is 0.326 e. The van der Waals surface area contributed by atoms with Gasteiger partial charge >= 0.3 is 5.97 Å². The molecule has 0 fully saturated rings. The van der Waals surface area contributed by atoms with Crippen molar-refractivity contribution in [1.29, 1.82) is 0 Å². The van der Waals surface area contributed by atoms with Crippen molar-refractivity contribution in [3.63, 3.8) is 0 Å². The molecule has 35 heavy (non-hydrogen) atoms. The first-order chi connectivity index (χ1) is 16.2. The number of hydrogen-bond donors (Lipinski definition) is 8. The molecule has 0 heterocycles. The highest BCUT2D eigenvalue weighted by Gasteiger charge is 2.33. The van der Waals surface area contributed by atoms with Gasteiger partial charge in [0.05, 0.1) is 12.5 Å². The van der Waals surface area contributed by atoms with E-state index in [1.165, 1.54) is 0 Å². The average Bonchev–Trinajstić information content (AvgIpc) is 2.75. The number of hydrogen-bond acceptors (Lipinski definition) is 7. The molecule has 0 aromatic carbocycles. The molecule has 0 aliphatic rings. The predicted molar refractivity (Wildman–Crippen MR) is 129 cm³/mol. The fraction of sp³-hybridized carbons (Fsp3) is 0.714. The van der Waals surface area contributed by atoms with E-state index in [9.17, 15) is 29.1 Å². The molecule has 14 nitrogen and oxygen atoms in total. The van der Waals surface area contributed by atoms with Crippen LogP contribution in [0.4, 0.5) is 0 Å². The number of rotatable bonds is 16. The average molecular weight is 501 g/mol. The summed E-state index contributed by atoms with van der Waals surface area (Å²) in [7, 11) is 0. The Kier molecular flexibility index (Phi) is 14.0. The minimum absolute atomic E-state index is 0.0920. The number of primary amides is 1. The highest BCUT2D eigenvalue weighted by Crippen LogP contribution is 2.11. The van der Waals surface area contributed by atoms with Crippen molar-refractivity contribution in [2.24, 2.45) is 39.8 Å². The summed E-state index contributed by atoms with van der Waals surface area (Å²) in [5, 5.41) is 17.0. The zero-order chi connectivity index (χ0) is 27.3. The van der Waals surface area contributed by atoms with Crippen molar-refractivity contribution >= 4 is 35.6 Å². The Morgan fingerprint density at radius 1 is 0.886 bits per heavy atom. The molecule has 0 aliphatic carbocycles. The number of carbonyl (C=O) groups excluding carboxylic acids is 4. The Labute approximate surface area is 205 Å². The number of nitrogens with two attached hydrogens (primary N) is 4. The lowest BCUT2D eigenvalue weighted by Crippen LogP contribution is -2.59. The van der Waals surface area contributed by atoms with Gasteiger partial charge in [0, 0.05) is 6.54 Å². The Bertz CT molecular complexity index is 784. The summed E-state index contributed by atoms with van der Waals surface area (Å²) in [6.07, 6.45) is 0.493. The molecule has 0 rings (SSSR count). The fourth-order valence-corrected chi connectivity index (χ4v) is 3.08. The van der Waals surface area contributed by atoms with E-state index in [2.05, 4.69) is 20.9 Å². The van der Waals surface area contributed by atoms with Gasteiger partial charge in [-0.05, 0) is 24.7 Å². The van der Waals surface area contributed by atoms with Crippen LogP contribution in [0, 0.1) is 11.8 Å². The summed E-state index contributed by atoms with van der Waals surface area (Å²) in [6, 6.07) is -4.61. The third-order valence-electron chi connectivity index (χ3n) is 5.36. The lowest BCUT2D eigenvalue weighted by atomic mass is 9.97. The number of aliphatic carboxylic acids is 1. The van der Waals surface area contributed by atoms with Gasteiger partial charge in [0.25, 0.3) is 0 Å². The molecule has 5 atom stereocenters. The van der Waals surface area contributed by atoms with Crippen LogP contribution in [0.15, 0.2) is 4.99 Å². The van der Waals surface area contributed by atoms with Crippen LogP contribution in [-0.4, -0.2) is 71.4 Å². The zero-order valence-corrected chi connectivity index (χ0v) is 20.7. The summed E-state index contributed by atoms with van der Waals surface area (Å²) >= 11 is 0. The van der Waals surface area contributed by atoms with Crippen molar-refractivity contribution in [3.05, 3.63) is 0 Å². The van der Waals surface area contributed by atoms with Gasteiger partial charge in [0.1, 0.15) is 18.1 Å². The second-order valence-electron chi connectivity index (χ2n) is 8.73. The number of nitrogens with one attached hydrogen (secondary N) is 3. The topological polar surface area (TPSA) is 258 Å². The second-order valence-corrected chi connectivity index (χ2v) is 8.73. The maximum absolute atomic E-state index is 13.0. The highest BCUT2D eigenvalue weighted by molar-refractivity contribution is 5.95. The number of aliphatic imine (C=N–C) groups is 1. The Hall–Kier alpha value is -3.42. The van der Waals surface area contributed by atoms with Gasteiger partial charge < -0.3 is 44.0 Å². The van der Waals surface area contributed by atoms with Gasteiger partial charge in [-0.15, -0.1) is 0 Å². The van der Waals surface area contributed by atoms with E-state index in [1.54, 1.807) is 27.7 Å². The molecule has 0 saturated carbocycles. The first kappa shape index (κ1) is 31.6. The molecule has 4 amide bonds. The first-order valence-corrected chi connectivity index (χ1v) is 11.4. The van der Waals surface area contributed by atoms with Gasteiger partial charge in [0.2, 0.25) is 23.6 Å². The molecular weight excluding hydrogens is 460 g/mol. The van der Waals surface area contributed by atoms with Gasteiger partial charge in [0.15, 0.2) is 5.96 Å². The Morgan fingerprint density at radius 3 is 1.91 bits per heavy atom. The molecule has 200 valence electrons. The third kappa shape index (κ3) is 12.0. The third-order valence-corrected chi connectivity index (χ3v) is 5.36. The summed E-state index contributed by atoms with van der Waals surface area (Å²) in [5.41, 5.74) is 21.3. The molecule has 0 spiro atoms. The van der Waals surface area contributed by atoms with E-state index >= 15 is 0 Å². The largest absolute Gasteiger partial charge is 0.480 e. The van der Waals surface area contributed by atoms with Crippen LogP contribution in [0.3, 0.4) is 0 Å². The molecule has 0 aliphatic heterocycles. The first-order valence-electron chi connectivity index (χ1n) is 11.4. The standard InChI is InChI=1S/C21H40N8O6/c1-5-11(4)16(20(34)35)29-19(33)15(10(2)3)28-18(32)13(7-6-8-26-21(24)25)27-17(31)12(22)9-14(23)30/h10-13,15-16H,5-9,22H2,1-4H3,(H2,23,30)(H,27,31)(H,28,32)(H,29,33)(H,34,35)(H4,24,25,26). The minimum atomic E-state index is -1.27. The van der Waals surface area contributed by atoms with Gasteiger partial charge in [-0.3, -0.25) is 24.2 Å². The van der Waals surface area contributed by atoms with Gasteiger partial charge in [-0.2, -0.15) is 0 Å². The molecule has 0 saturated heterocycles. The van der Waals surface area contributed by atoms with Crippen LogP contribution in [0.5, 0.6) is 0 Å². The number of nitrogens with zero attached hydrogens (tertiary/aromatic N) is 1. The van der Waals surface area contributed by atoms with Crippen LogP contribution in [0.2, 0.25) is 0 Å². The maximum atomic E-state index is 13.0. The summed E-state index contributed by atoms with van der Waals surface area (Å²) in [5.74, 6) is -4.99. The van der Waals surface area contributed by atoms with Crippen LogP contribution in [0.1, 0.15) is 53.4 Å². The van der Waals surface area contributed by atoms with E-state index in [0.717, 1.165) is 0 Å². The van der Waals surface area contributed by atoms with Crippen LogP contribution >= 0.6 is 0 Å². The number of carbonyl (C=O) groups is 5. The van der Waals surface area contributed by atoms with E-state index in [-0.39, 0.29) is 24.8 Å². The van der Waals surface area contributed by atoms with Crippen LogP contribution in [-0.2, 0) is 24.0 Å². The lowest BCUT2D eigenvalue weighted by molar-refractivity contribution is -0.144. The maximum Gasteiger partial charge on any atom is 0.326 e. The monoisotopic (exact) mass is 500 g/mol. The van der Waals surface area contributed by atoms with Gasteiger partial charge in [-0.1, -0.05) is 34.1 Å². The highest BCUT2D eigenvalue weighted by atomic mass is 16.4. The zero-order valence-electron chi connectivity index (χ0n) is 20.7. The molecule has 0 radical (unpaired) electrons. The van der Waals surface area contributed by atoms with Crippen molar-refractivity contribution in [2.75, 3.05) is 6.54 Å². The van der Waals surface area contributed by atoms with Crippen molar-refractivity contribution in [3.8, 4) is 0 Å². The quantitative estimate of drug-likeness (QED) is 0.0631.